The van der Waals surface area contributed by atoms with Gasteiger partial charge in [0.2, 0.25) is 0 Å². The lowest BCUT2D eigenvalue weighted by atomic mass is 10.2. The fraction of sp³-hybridized carbons (Fsp3) is 0.750. The van der Waals surface area contributed by atoms with Crippen LogP contribution in [0.1, 0.15) is 19.3 Å². The van der Waals surface area contributed by atoms with Crippen LogP contribution >= 0.6 is 23.2 Å². The van der Waals surface area contributed by atoms with Gasteiger partial charge in [-0.3, -0.25) is 9.59 Å². The van der Waals surface area contributed by atoms with Crippen molar-refractivity contribution in [1.82, 2.24) is 0 Å². The van der Waals surface area contributed by atoms with Gasteiger partial charge in [-0.25, -0.2) is 0 Å². The fourth-order valence-corrected chi connectivity index (χ4v) is 1.17. The van der Waals surface area contributed by atoms with E-state index in [4.69, 9.17) is 23.2 Å². The first-order chi connectivity index (χ1) is 6.41. The van der Waals surface area contributed by atoms with E-state index in [1.54, 1.807) is 0 Å². The molecule has 0 rings (SSSR count). The van der Waals surface area contributed by atoms with Gasteiger partial charge in [0.05, 0.1) is 20.6 Å². The molecule has 0 bridgehead atoms. The minimum Gasteiger partial charge on any atom is -0.469 e. The molecule has 0 aliphatic heterocycles. The zero-order valence-corrected chi connectivity index (χ0v) is 9.52. The molecule has 0 atom stereocenters. The van der Waals surface area contributed by atoms with Gasteiger partial charge in [-0.1, -0.05) is 0 Å². The fourth-order valence-electron chi connectivity index (χ4n) is 0.759. The lowest BCUT2D eigenvalue weighted by Gasteiger charge is -2.16. The summed E-state index contributed by atoms with van der Waals surface area (Å²) in [5.41, 5.74) is 0. The molecule has 0 heterocycles. The van der Waals surface area contributed by atoms with Crippen LogP contribution in [0.5, 0.6) is 0 Å². The van der Waals surface area contributed by atoms with Crippen molar-refractivity contribution in [3.8, 4) is 0 Å². The van der Waals surface area contributed by atoms with Crippen molar-refractivity contribution in [1.29, 1.82) is 0 Å². The van der Waals surface area contributed by atoms with E-state index in [1.165, 1.54) is 14.2 Å². The highest BCUT2D eigenvalue weighted by molar-refractivity contribution is 6.49. The minimum absolute atomic E-state index is 0.0699. The molecule has 0 aliphatic carbocycles. The van der Waals surface area contributed by atoms with Crippen molar-refractivity contribution in [2.45, 2.75) is 23.6 Å². The molecule has 0 N–H and O–H groups in total. The second kappa shape index (κ2) is 6.09. The standard InChI is InChI=1S/C8H12Cl2O4/c1-13-6(11)3-4-8(9,10)5-7(12)14-2/h3-5H2,1-2H3. The van der Waals surface area contributed by atoms with E-state index < -0.39 is 16.3 Å². The van der Waals surface area contributed by atoms with E-state index >= 15 is 0 Å². The van der Waals surface area contributed by atoms with Crippen LogP contribution in [0, 0.1) is 0 Å². The van der Waals surface area contributed by atoms with Crippen molar-refractivity contribution < 1.29 is 19.1 Å². The molecular weight excluding hydrogens is 231 g/mol. The number of carbonyl (C=O) groups is 2. The summed E-state index contributed by atoms with van der Waals surface area (Å²) >= 11 is 11.5. The maximum absolute atomic E-state index is 10.8. The molecule has 0 unspecified atom stereocenters. The van der Waals surface area contributed by atoms with Gasteiger partial charge in [0.1, 0.15) is 4.33 Å². The number of methoxy groups -OCH3 is 2. The summed E-state index contributed by atoms with van der Waals surface area (Å²) < 4.78 is 7.52. The zero-order chi connectivity index (χ0) is 11.2. The highest BCUT2D eigenvalue weighted by atomic mass is 35.5. The van der Waals surface area contributed by atoms with Gasteiger partial charge >= 0.3 is 11.9 Å². The quantitative estimate of drug-likeness (QED) is 0.544. The second-order valence-corrected chi connectivity index (χ2v) is 4.33. The highest BCUT2D eigenvalue weighted by Gasteiger charge is 2.28. The predicted molar refractivity (Wildman–Crippen MR) is 52.3 cm³/mol. The maximum Gasteiger partial charge on any atom is 0.308 e. The van der Waals surface area contributed by atoms with Crippen LogP contribution < -0.4 is 0 Å². The van der Waals surface area contributed by atoms with Crippen molar-refractivity contribution >= 4 is 35.1 Å². The summed E-state index contributed by atoms with van der Waals surface area (Å²) in [5, 5.41) is 0. The Morgan fingerprint density at radius 3 is 2.07 bits per heavy atom. The summed E-state index contributed by atoms with van der Waals surface area (Å²) in [6.07, 6.45) is 0.0714. The van der Waals surface area contributed by atoms with E-state index in [0.29, 0.717) is 0 Å². The summed E-state index contributed by atoms with van der Waals surface area (Å²) in [6, 6.07) is 0. The molecular formula is C8H12Cl2O4. The number of ether oxygens (including phenoxy) is 2. The third kappa shape index (κ3) is 6.05. The van der Waals surface area contributed by atoms with E-state index in [9.17, 15) is 9.59 Å². The predicted octanol–water partition coefficient (Wildman–Crippen LogP) is 1.68. The molecule has 0 aromatic carbocycles. The first kappa shape index (κ1) is 13.5. The molecule has 0 aliphatic rings. The van der Waals surface area contributed by atoms with Gasteiger partial charge in [0.25, 0.3) is 0 Å². The van der Waals surface area contributed by atoms with Crippen LogP contribution in [0.2, 0.25) is 0 Å². The topological polar surface area (TPSA) is 52.6 Å². The third-order valence-electron chi connectivity index (χ3n) is 1.55. The van der Waals surface area contributed by atoms with Crippen molar-refractivity contribution in [2.24, 2.45) is 0 Å². The molecule has 0 spiro atoms. The first-order valence-electron chi connectivity index (χ1n) is 3.93. The molecule has 14 heavy (non-hydrogen) atoms. The van der Waals surface area contributed by atoms with Gasteiger partial charge in [0, 0.05) is 6.42 Å². The summed E-state index contributed by atoms with van der Waals surface area (Å²) in [6.45, 7) is 0. The van der Waals surface area contributed by atoms with E-state index in [1.807, 2.05) is 0 Å². The first-order valence-corrected chi connectivity index (χ1v) is 4.68. The highest BCUT2D eigenvalue weighted by Crippen LogP contribution is 2.31. The Morgan fingerprint density at radius 1 is 1.14 bits per heavy atom. The van der Waals surface area contributed by atoms with Crippen molar-refractivity contribution in [3.63, 3.8) is 0 Å². The Labute approximate surface area is 92.5 Å². The van der Waals surface area contributed by atoms with Gasteiger partial charge in [-0.15, -0.1) is 23.2 Å². The molecule has 0 radical (unpaired) electrons. The molecule has 0 saturated heterocycles. The lowest BCUT2D eigenvalue weighted by Crippen LogP contribution is -2.21. The third-order valence-corrected chi connectivity index (χ3v) is 2.20. The van der Waals surface area contributed by atoms with Crippen LogP contribution in [-0.2, 0) is 19.1 Å². The van der Waals surface area contributed by atoms with Gasteiger partial charge < -0.3 is 9.47 Å². The van der Waals surface area contributed by atoms with E-state index in [-0.39, 0.29) is 19.3 Å². The van der Waals surface area contributed by atoms with E-state index in [0.717, 1.165) is 0 Å². The Morgan fingerprint density at radius 2 is 1.64 bits per heavy atom. The monoisotopic (exact) mass is 242 g/mol. The summed E-state index contributed by atoms with van der Waals surface area (Å²) in [4.78, 5) is 21.6. The summed E-state index contributed by atoms with van der Waals surface area (Å²) in [7, 11) is 2.51. The van der Waals surface area contributed by atoms with Crippen molar-refractivity contribution in [2.75, 3.05) is 14.2 Å². The Balaban J connectivity index is 3.94. The lowest BCUT2D eigenvalue weighted by molar-refractivity contribution is -0.143. The van der Waals surface area contributed by atoms with E-state index in [2.05, 4.69) is 9.47 Å². The smallest absolute Gasteiger partial charge is 0.308 e. The maximum atomic E-state index is 10.8. The van der Waals surface area contributed by atoms with Crippen LogP contribution in [0.4, 0.5) is 0 Å². The molecule has 0 amide bonds. The largest absolute Gasteiger partial charge is 0.469 e. The van der Waals surface area contributed by atoms with Gasteiger partial charge in [-0.2, -0.15) is 0 Å². The number of alkyl halides is 2. The molecule has 0 aromatic heterocycles. The molecule has 0 aromatic rings. The number of carbonyl (C=O) groups excluding carboxylic acids is 2. The molecule has 6 heteroatoms. The molecule has 82 valence electrons. The molecule has 4 nitrogen and oxygen atoms in total. The SMILES string of the molecule is COC(=O)CCC(Cl)(Cl)CC(=O)OC. The Kier molecular flexibility index (Phi) is 5.88. The van der Waals surface area contributed by atoms with Gasteiger partial charge in [0.15, 0.2) is 0 Å². The number of halogens is 2. The number of hydrogen-bond donors (Lipinski definition) is 0. The van der Waals surface area contributed by atoms with Crippen LogP contribution in [0.25, 0.3) is 0 Å². The molecule has 0 saturated carbocycles. The Bertz CT molecular complexity index is 215. The number of esters is 2. The summed E-state index contributed by atoms with van der Waals surface area (Å²) in [5.74, 6) is -0.930. The Hall–Kier alpha value is -0.480. The zero-order valence-electron chi connectivity index (χ0n) is 8.01. The van der Waals surface area contributed by atoms with Crippen molar-refractivity contribution in [3.05, 3.63) is 0 Å². The van der Waals surface area contributed by atoms with Crippen LogP contribution in [-0.4, -0.2) is 30.5 Å². The normalized spacial score (nSPS) is 10.9. The van der Waals surface area contributed by atoms with Crippen LogP contribution in [0.15, 0.2) is 0 Å². The second-order valence-electron chi connectivity index (χ2n) is 2.68. The molecule has 0 fully saturated rings. The average molecular weight is 243 g/mol. The number of hydrogen-bond acceptors (Lipinski definition) is 4. The minimum atomic E-state index is -1.28. The average Bonchev–Trinajstić information content (AvgIpc) is 2.13. The number of rotatable bonds is 5. The van der Waals surface area contributed by atoms with Gasteiger partial charge in [-0.05, 0) is 6.42 Å². The van der Waals surface area contributed by atoms with Crippen LogP contribution in [0.3, 0.4) is 0 Å².